The van der Waals surface area contributed by atoms with E-state index in [1.807, 2.05) is 0 Å². The Morgan fingerprint density at radius 2 is 2.06 bits per heavy atom. The van der Waals surface area contributed by atoms with Crippen LogP contribution < -0.4 is 9.64 Å². The van der Waals surface area contributed by atoms with Crippen molar-refractivity contribution in [3.63, 3.8) is 0 Å². The molecule has 0 bridgehead atoms. The Labute approximate surface area is 197 Å². The quantitative estimate of drug-likeness (QED) is 0.637. The maximum Gasteiger partial charge on any atom is 0.208 e. The van der Waals surface area contributed by atoms with Gasteiger partial charge in [-0.05, 0) is 56.5 Å². The Morgan fingerprint density at radius 1 is 1.24 bits per heavy atom. The highest BCUT2D eigenvalue weighted by molar-refractivity contribution is 7.13. The fourth-order valence-electron chi connectivity index (χ4n) is 5.70. The van der Waals surface area contributed by atoms with Crippen LogP contribution >= 0.6 is 11.3 Å². The number of anilines is 1. The summed E-state index contributed by atoms with van der Waals surface area (Å²) in [5.41, 5.74) is 2.84. The minimum absolute atomic E-state index is 0.0297. The lowest BCUT2D eigenvalue weighted by atomic mass is 9.86. The van der Waals surface area contributed by atoms with E-state index in [0.29, 0.717) is 18.6 Å². The van der Waals surface area contributed by atoms with Gasteiger partial charge in [-0.1, -0.05) is 18.3 Å². The van der Waals surface area contributed by atoms with Gasteiger partial charge in [-0.15, -0.1) is 10.2 Å². The molecule has 0 radical (unpaired) electrons. The van der Waals surface area contributed by atoms with Crippen LogP contribution in [0.15, 0.2) is 23.7 Å². The normalized spacial score (nSPS) is 26.8. The number of aromatic nitrogens is 2. The molecule has 4 fully saturated rings. The van der Waals surface area contributed by atoms with Crippen LogP contribution in [-0.4, -0.2) is 79.3 Å². The molecule has 33 heavy (non-hydrogen) atoms. The number of ether oxygens (including phenoxy) is 3. The third-order valence-corrected chi connectivity index (χ3v) is 8.45. The van der Waals surface area contributed by atoms with Gasteiger partial charge in [0.25, 0.3) is 0 Å². The monoisotopic (exact) mass is 474 g/mol. The number of hydrogen-bond acceptors (Lipinski definition) is 8. The van der Waals surface area contributed by atoms with E-state index in [4.69, 9.17) is 14.2 Å². The second-order valence-electron chi connectivity index (χ2n) is 10.5. The predicted molar refractivity (Wildman–Crippen MR) is 124 cm³/mol. The molecule has 1 aromatic heterocycles. The zero-order valence-electron chi connectivity index (χ0n) is 19.0. The van der Waals surface area contributed by atoms with Gasteiger partial charge < -0.3 is 19.1 Å². The van der Waals surface area contributed by atoms with Crippen molar-refractivity contribution >= 4 is 16.5 Å². The van der Waals surface area contributed by atoms with Crippen molar-refractivity contribution in [2.75, 3.05) is 57.5 Å². The highest BCUT2D eigenvalue weighted by Gasteiger charge is 2.51. The van der Waals surface area contributed by atoms with Crippen molar-refractivity contribution < 1.29 is 18.6 Å². The van der Waals surface area contributed by atoms with Crippen LogP contribution in [0.2, 0.25) is 0 Å². The van der Waals surface area contributed by atoms with Gasteiger partial charge in [-0.25, -0.2) is 4.39 Å². The van der Waals surface area contributed by atoms with Crippen LogP contribution in [0.3, 0.4) is 0 Å². The van der Waals surface area contributed by atoms with Crippen molar-refractivity contribution in [3.05, 3.63) is 35.1 Å². The molecular weight excluding hydrogens is 443 g/mol. The molecule has 1 aromatic carbocycles. The van der Waals surface area contributed by atoms with Gasteiger partial charge in [-0.3, -0.25) is 4.90 Å². The van der Waals surface area contributed by atoms with Gasteiger partial charge in [0.15, 0.2) is 0 Å². The summed E-state index contributed by atoms with van der Waals surface area (Å²) in [5, 5.41) is 9.10. The van der Waals surface area contributed by atoms with Crippen LogP contribution in [-0.2, 0) is 9.47 Å². The third-order valence-electron chi connectivity index (χ3n) is 7.70. The summed E-state index contributed by atoms with van der Waals surface area (Å²) < 4.78 is 31.9. The van der Waals surface area contributed by atoms with E-state index in [1.54, 1.807) is 29.0 Å². The van der Waals surface area contributed by atoms with E-state index in [0.717, 1.165) is 81.7 Å². The number of halogens is 1. The Kier molecular flexibility index (Phi) is 5.55. The van der Waals surface area contributed by atoms with Gasteiger partial charge in [0.2, 0.25) is 5.13 Å². The molecular formula is C24H31FN4O3S. The first kappa shape index (κ1) is 21.7. The van der Waals surface area contributed by atoms with Crippen molar-refractivity contribution in [2.45, 2.75) is 43.7 Å². The summed E-state index contributed by atoms with van der Waals surface area (Å²) >= 11 is 1.58. The maximum absolute atomic E-state index is 14.1. The van der Waals surface area contributed by atoms with Crippen molar-refractivity contribution in [1.82, 2.24) is 15.1 Å². The standard InChI is InChI=1S/C24H31FN4O3S/c1-23(13-30-14-23)15-31-21-3-2-18(25)8-20(21)17-4-6-28(7-5-17)19-9-24(32-10-19)11-29(12-24)22-27-26-16-33-22/h2-3,8,16-17,19H,4-7,9-15H2,1H3. The molecule has 0 amide bonds. The molecule has 0 aliphatic carbocycles. The number of piperidine rings is 1. The van der Waals surface area contributed by atoms with Crippen LogP contribution in [0.4, 0.5) is 9.52 Å². The van der Waals surface area contributed by atoms with Crippen LogP contribution in [0.25, 0.3) is 0 Å². The zero-order chi connectivity index (χ0) is 22.5. The second-order valence-corrected chi connectivity index (χ2v) is 11.3. The minimum atomic E-state index is -0.186. The Morgan fingerprint density at radius 3 is 2.76 bits per heavy atom. The van der Waals surface area contributed by atoms with E-state index in [9.17, 15) is 4.39 Å². The molecule has 9 heteroatoms. The maximum atomic E-state index is 14.1. The topological polar surface area (TPSA) is 60.0 Å². The van der Waals surface area contributed by atoms with Gasteiger partial charge in [0, 0.05) is 17.0 Å². The fraction of sp³-hybridized carbons (Fsp3) is 0.667. The Balaban J connectivity index is 1.04. The molecule has 5 heterocycles. The Bertz CT molecular complexity index is 972. The summed E-state index contributed by atoms with van der Waals surface area (Å²) in [5.74, 6) is 0.969. The molecule has 4 aliphatic rings. The van der Waals surface area contributed by atoms with Crippen molar-refractivity contribution in [3.8, 4) is 5.75 Å². The molecule has 6 rings (SSSR count). The number of nitrogens with zero attached hydrogens (tertiary/aromatic N) is 4. The van der Waals surface area contributed by atoms with Gasteiger partial charge >= 0.3 is 0 Å². The van der Waals surface area contributed by atoms with Crippen molar-refractivity contribution in [2.24, 2.45) is 5.41 Å². The smallest absolute Gasteiger partial charge is 0.208 e. The average molecular weight is 475 g/mol. The highest BCUT2D eigenvalue weighted by Crippen LogP contribution is 2.42. The lowest BCUT2D eigenvalue weighted by Crippen LogP contribution is -2.62. The fourth-order valence-corrected chi connectivity index (χ4v) is 6.26. The molecule has 4 saturated heterocycles. The molecule has 4 aliphatic heterocycles. The summed E-state index contributed by atoms with van der Waals surface area (Å²) in [6.07, 6.45) is 3.10. The van der Waals surface area contributed by atoms with E-state index in [1.165, 1.54) is 6.07 Å². The van der Waals surface area contributed by atoms with Gasteiger partial charge in [-0.2, -0.15) is 0 Å². The van der Waals surface area contributed by atoms with E-state index in [2.05, 4.69) is 26.9 Å². The first-order valence-electron chi connectivity index (χ1n) is 11.9. The lowest BCUT2D eigenvalue weighted by Gasteiger charge is -2.47. The average Bonchev–Trinajstić information content (AvgIpc) is 3.46. The first-order valence-corrected chi connectivity index (χ1v) is 12.8. The molecule has 2 aromatic rings. The minimum Gasteiger partial charge on any atom is -0.493 e. The second kappa shape index (κ2) is 8.45. The number of likely N-dealkylation sites (tertiary alicyclic amines) is 1. The molecule has 178 valence electrons. The van der Waals surface area contributed by atoms with Gasteiger partial charge in [0.1, 0.15) is 22.7 Å². The zero-order valence-corrected chi connectivity index (χ0v) is 19.9. The summed E-state index contributed by atoms with van der Waals surface area (Å²) in [6.45, 7) is 8.86. The first-order chi connectivity index (χ1) is 16.0. The molecule has 1 spiro atoms. The molecule has 1 unspecified atom stereocenters. The number of rotatable bonds is 6. The van der Waals surface area contributed by atoms with Crippen molar-refractivity contribution in [1.29, 1.82) is 0 Å². The molecule has 1 atom stereocenters. The Hall–Kier alpha value is -1.81. The third kappa shape index (κ3) is 4.24. The van der Waals surface area contributed by atoms with E-state index < -0.39 is 0 Å². The van der Waals surface area contributed by atoms with Crippen LogP contribution in [0, 0.1) is 11.2 Å². The summed E-state index contributed by atoms with van der Waals surface area (Å²) in [7, 11) is 0. The van der Waals surface area contributed by atoms with Crippen LogP contribution in [0.1, 0.15) is 37.7 Å². The van der Waals surface area contributed by atoms with Gasteiger partial charge in [0.05, 0.1) is 39.5 Å². The highest BCUT2D eigenvalue weighted by atomic mass is 32.1. The van der Waals surface area contributed by atoms with Crippen LogP contribution in [0.5, 0.6) is 5.75 Å². The predicted octanol–water partition coefficient (Wildman–Crippen LogP) is 3.32. The van der Waals surface area contributed by atoms with E-state index in [-0.39, 0.29) is 16.8 Å². The largest absolute Gasteiger partial charge is 0.493 e. The SMILES string of the molecule is CC1(COc2ccc(F)cc2C2CCN(C3COC4(C3)CN(c3nncs3)C4)CC2)COC1. The molecule has 7 nitrogen and oxygen atoms in total. The lowest BCUT2D eigenvalue weighted by molar-refractivity contribution is -0.120. The van der Waals surface area contributed by atoms with E-state index >= 15 is 0 Å². The molecule has 0 saturated carbocycles. The summed E-state index contributed by atoms with van der Waals surface area (Å²) in [6, 6.07) is 5.45. The number of benzene rings is 1. The molecule has 0 N–H and O–H groups in total. The number of hydrogen-bond donors (Lipinski definition) is 0. The summed E-state index contributed by atoms with van der Waals surface area (Å²) in [4.78, 5) is 4.83.